The molecule has 0 saturated heterocycles. The predicted octanol–water partition coefficient (Wildman–Crippen LogP) is 3.38. The number of hydrogen-bond acceptors (Lipinski definition) is 4. The van der Waals surface area contributed by atoms with Crippen molar-refractivity contribution in [3.05, 3.63) is 62.3 Å². The summed E-state index contributed by atoms with van der Waals surface area (Å²) in [6.45, 7) is 2.61. The van der Waals surface area contributed by atoms with Gasteiger partial charge in [0.1, 0.15) is 0 Å². The fourth-order valence-corrected chi connectivity index (χ4v) is 2.76. The van der Waals surface area contributed by atoms with Crippen molar-refractivity contribution < 1.29 is 4.92 Å². The Morgan fingerprint density at radius 2 is 2.11 bits per heavy atom. The summed E-state index contributed by atoms with van der Waals surface area (Å²) in [4.78, 5) is 11.9. The molecule has 4 nitrogen and oxygen atoms in total. The van der Waals surface area contributed by atoms with Gasteiger partial charge >= 0.3 is 0 Å². The van der Waals surface area contributed by atoms with Gasteiger partial charge in [0, 0.05) is 29.1 Å². The van der Waals surface area contributed by atoms with Crippen molar-refractivity contribution in [2.45, 2.75) is 25.9 Å². The molecule has 0 radical (unpaired) electrons. The summed E-state index contributed by atoms with van der Waals surface area (Å²) in [6, 6.07) is 11.3. The van der Waals surface area contributed by atoms with E-state index in [1.165, 1.54) is 4.88 Å². The first-order chi connectivity index (χ1) is 9.16. The molecule has 0 saturated carbocycles. The van der Waals surface area contributed by atoms with Gasteiger partial charge in [-0.2, -0.15) is 0 Å². The molecule has 5 heteroatoms. The number of nitro benzene ring substituents is 1. The minimum absolute atomic E-state index is 0.179. The zero-order chi connectivity index (χ0) is 13.7. The predicted molar refractivity (Wildman–Crippen MR) is 77.4 cm³/mol. The van der Waals surface area contributed by atoms with E-state index in [0.717, 1.165) is 12.0 Å². The monoisotopic (exact) mass is 276 g/mol. The maximum atomic E-state index is 10.9. The molecular formula is C14H16N2O2S. The van der Waals surface area contributed by atoms with Crippen LogP contribution in [0, 0.1) is 10.1 Å². The molecule has 0 aliphatic carbocycles. The Bertz CT molecular complexity index is 540. The van der Waals surface area contributed by atoms with E-state index in [1.54, 1.807) is 29.5 Å². The Morgan fingerprint density at radius 3 is 2.79 bits per heavy atom. The molecule has 2 rings (SSSR count). The van der Waals surface area contributed by atoms with Crippen molar-refractivity contribution in [2.24, 2.45) is 0 Å². The molecule has 1 aromatic heterocycles. The SMILES string of the molecule is CC(Cc1cccs1)NCc1ccccc1[N+](=O)[O-]. The number of thiophene rings is 1. The van der Waals surface area contributed by atoms with Crippen LogP contribution in [-0.4, -0.2) is 11.0 Å². The van der Waals surface area contributed by atoms with Crippen molar-refractivity contribution in [3.63, 3.8) is 0 Å². The molecule has 100 valence electrons. The Hall–Kier alpha value is -1.72. The van der Waals surface area contributed by atoms with E-state index in [4.69, 9.17) is 0 Å². The van der Waals surface area contributed by atoms with E-state index >= 15 is 0 Å². The second kappa shape index (κ2) is 6.45. The van der Waals surface area contributed by atoms with Gasteiger partial charge in [-0.15, -0.1) is 11.3 Å². The number of para-hydroxylation sites is 1. The van der Waals surface area contributed by atoms with Crippen LogP contribution >= 0.6 is 11.3 Å². The van der Waals surface area contributed by atoms with Crippen molar-refractivity contribution in [1.29, 1.82) is 0 Å². The van der Waals surface area contributed by atoms with E-state index < -0.39 is 0 Å². The fourth-order valence-electron chi connectivity index (χ4n) is 1.93. The summed E-state index contributed by atoms with van der Waals surface area (Å²) < 4.78 is 0. The molecule has 0 fully saturated rings. The van der Waals surface area contributed by atoms with Crippen molar-refractivity contribution in [1.82, 2.24) is 5.32 Å². The first-order valence-electron chi connectivity index (χ1n) is 6.15. The van der Waals surface area contributed by atoms with Gasteiger partial charge in [0.15, 0.2) is 0 Å². The molecule has 1 aromatic carbocycles. The lowest BCUT2D eigenvalue weighted by Crippen LogP contribution is -2.27. The zero-order valence-electron chi connectivity index (χ0n) is 10.7. The highest BCUT2D eigenvalue weighted by molar-refractivity contribution is 7.09. The lowest BCUT2D eigenvalue weighted by Gasteiger charge is -2.12. The molecule has 19 heavy (non-hydrogen) atoms. The molecule has 1 unspecified atom stereocenters. The van der Waals surface area contributed by atoms with Gasteiger partial charge in [-0.1, -0.05) is 24.3 Å². The molecule has 0 spiro atoms. The standard InChI is InChI=1S/C14H16N2O2S/c1-11(9-13-6-4-8-19-13)15-10-12-5-2-3-7-14(12)16(17)18/h2-8,11,15H,9-10H2,1H3. The Balaban J connectivity index is 1.93. The lowest BCUT2D eigenvalue weighted by atomic mass is 10.1. The van der Waals surface area contributed by atoms with Crippen LogP contribution in [-0.2, 0) is 13.0 Å². The average Bonchev–Trinajstić information content (AvgIpc) is 2.89. The first kappa shape index (κ1) is 13.7. The fraction of sp³-hybridized carbons (Fsp3) is 0.286. The van der Waals surface area contributed by atoms with Crippen molar-refractivity contribution in [2.75, 3.05) is 0 Å². The third kappa shape index (κ3) is 3.87. The molecular weight excluding hydrogens is 260 g/mol. The number of rotatable bonds is 6. The Morgan fingerprint density at radius 1 is 1.32 bits per heavy atom. The van der Waals surface area contributed by atoms with Crippen molar-refractivity contribution in [3.8, 4) is 0 Å². The molecule has 0 aliphatic rings. The maximum Gasteiger partial charge on any atom is 0.273 e. The molecule has 1 atom stereocenters. The van der Waals surface area contributed by atoms with Crippen LogP contribution in [0.5, 0.6) is 0 Å². The summed E-state index contributed by atoms with van der Waals surface area (Å²) in [5.74, 6) is 0. The summed E-state index contributed by atoms with van der Waals surface area (Å²) in [6.07, 6.45) is 0.943. The largest absolute Gasteiger partial charge is 0.310 e. The maximum absolute atomic E-state index is 10.9. The number of hydrogen-bond donors (Lipinski definition) is 1. The van der Waals surface area contributed by atoms with Crippen LogP contribution in [0.1, 0.15) is 17.4 Å². The van der Waals surface area contributed by atoms with E-state index in [9.17, 15) is 10.1 Å². The quantitative estimate of drug-likeness (QED) is 0.650. The van der Waals surface area contributed by atoms with Gasteiger partial charge in [-0.05, 0) is 24.8 Å². The minimum atomic E-state index is -0.332. The molecule has 0 aliphatic heterocycles. The molecule has 1 heterocycles. The van der Waals surface area contributed by atoms with Crippen LogP contribution in [0.3, 0.4) is 0 Å². The van der Waals surface area contributed by atoms with Gasteiger partial charge in [0.2, 0.25) is 0 Å². The van der Waals surface area contributed by atoms with Crippen molar-refractivity contribution >= 4 is 17.0 Å². The summed E-state index contributed by atoms with van der Waals surface area (Å²) >= 11 is 1.73. The topological polar surface area (TPSA) is 55.2 Å². The molecule has 1 N–H and O–H groups in total. The van der Waals surface area contributed by atoms with E-state index in [-0.39, 0.29) is 10.6 Å². The number of nitro groups is 1. The Labute approximate surface area is 116 Å². The number of nitrogens with zero attached hydrogens (tertiary/aromatic N) is 1. The number of nitrogens with one attached hydrogen (secondary N) is 1. The van der Waals surface area contributed by atoms with E-state index in [2.05, 4.69) is 23.7 Å². The molecule has 2 aromatic rings. The minimum Gasteiger partial charge on any atom is -0.310 e. The third-order valence-electron chi connectivity index (χ3n) is 2.92. The molecule has 0 amide bonds. The second-order valence-electron chi connectivity index (χ2n) is 4.45. The Kier molecular flexibility index (Phi) is 4.65. The van der Waals surface area contributed by atoms with E-state index in [0.29, 0.717) is 12.6 Å². The average molecular weight is 276 g/mol. The van der Waals surface area contributed by atoms with Gasteiger partial charge in [0.05, 0.1) is 4.92 Å². The lowest BCUT2D eigenvalue weighted by molar-refractivity contribution is -0.385. The van der Waals surface area contributed by atoms with Crippen LogP contribution in [0.25, 0.3) is 0 Å². The summed E-state index contributed by atoms with van der Waals surface area (Å²) in [7, 11) is 0. The molecule has 0 bridgehead atoms. The van der Waals surface area contributed by atoms with Crippen LogP contribution < -0.4 is 5.32 Å². The smallest absolute Gasteiger partial charge is 0.273 e. The number of benzene rings is 1. The highest BCUT2D eigenvalue weighted by Crippen LogP contribution is 2.18. The third-order valence-corrected chi connectivity index (χ3v) is 3.82. The highest BCUT2D eigenvalue weighted by atomic mass is 32.1. The van der Waals surface area contributed by atoms with Crippen LogP contribution in [0.2, 0.25) is 0 Å². The normalized spacial score (nSPS) is 12.3. The van der Waals surface area contributed by atoms with Gasteiger partial charge in [0.25, 0.3) is 5.69 Å². The van der Waals surface area contributed by atoms with Crippen LogP contribution in [0.15, 0.2) is 41.8 Å². The van der Waals surface area contributed by atoms with Gasteiger partial charge < -0.3 is 5.32 Å². The first-order valence-corrected chi connectivity index (χ1v) is 7.03. The summed E-state index contributed by atoms with van der Waals surface area (Å²) in [5.41, 5.74) is 0.906. The zero-order valence-corrected chi connectivity index (χ0v) is 11.5. The van der Waals surface area contributed by atoms with Gasteiger partial charge in [-0.3, -0.25) is 10.1 Å². The summed E-state index contributed by atoms with van der Waals surface area (Å²) in [5, 5.41) is 16.3. The van der Waals surface area contributed by atoms with Gasteiger partial charge in [-0.25, -0.2) is 0 Å². The highest BCUT2D eigenvalue weighted by Gasteiger charge is 2.13. The second-order valence-corrected chi connectivity index (χ2v) is 5.48. The van der Waals surface area contributed by atoms with Crippen LogP contribution in [0.4, 0.5) is 5.69 Å². The van der Waals surface area contributed by atoms with E-state index in [1.807, 2.05) is 12.1 Å².